The van der Waals surface area contributed by atoms with E-state index in [1.54, 1.807) is 6.08 Å². The van der Waals surface area contributed by atoms with E-state index in [1.807, 2.05) is 60.7 Å². The molecule has 0 spiro atoms. The Morgan fingerprint density at radius 2 is 1.65 bits per heavy atom. The maximum absolute atomic E-state index is 12.1. The molecule has 1 unspecified atom stereocenters. The standard InChI is InChI=1S/C21H16O2/c22-20-13-15-21(23,14-7-12-17-8-3-1-4-9-17)19(20)16-18-10-5-2-6-11-18/h1-6,8-11,13,15-16,23H,14H2/b19-16-. The third-order valence-corrected chi connectivity index (χ3v) is 3.72. The van der Waals surface area contributed by atoms with Gasteiger partial charge < -0.3 is 5.11 Å². The van der Waals surface area contributed by atoms with Gasteiger partial charge in [0.2, 0.25) is 0 Å². The van der Waals surface area contributed by atoms with Crippen LogP contribution in [0.1, 0.15) is 17.5 Å². The number of carbonyl (C=O) groups excluding carboxylic acids is 1. The molecule has 0 aromatic heterocycles. The van der Waals surface area contributed by atoms with Crippen molar-refractivity contribution >= 4 is 11.9 Å². The summed E-state index contributed by atoms with van der Waals surface area (Å²) in [7, 11) is 0. The molecule has 0 bridgehead atoms. The molecule has 23 heavy (non-hydrogen) atoms. The molecule has 2 nitrogen and oxygen atoms in total. The Balaban J connectivity index is 1.85. The molecule has 1 N–H and O–H groups in total. The molecule has 3 rings (SSSR count). The van der Waals surface area contributed by atoms with E-state index in [1.165, 1.54) is 12.2 Å². The molecule has 1 aliphatic rings. The molecule has 0 amide bonds. The Morgan fingerprint density at radius 3 is 2.35 bits per heavy atom. The summed E-state index contributed by atoms with van der Waals surface area (Å²) in [5.41, 5.74) is 0.812. The number of carbonyl (C=O) groups is 1. The van der Waals surface area contributed by atoms with E-state index < -0.39 is 5.60 Å². The van der Waals surface area contributed by atoms with Gasteiger partial charge in [-0.05, 0) is 35.9 Å². The Labute approximate surface area is 135 Å². The molecule has 1 aliphatic carbocycles. The molecule has 0 fully saturated rings. The molecule has 0 radical (unpaired) electrons. The number of aliphatic hydroxyl groups is 1. The lowest BCUT2D eigenvalue weighted by Gasteiger charge is -2.19. The smallest absolute Gasteiger partial charge is 0.184 e. The quantitative estimate of drug-likeness (QED) is 0.682. The second kappa shape index (κ2) is 6.48. The highest BCUT2D eigenvalue weighted by Crippen LogP contribution is 2.31. The minimum atomic E-state index is -1.32. The molecule has 0 saturated heterocycles. The first-order valence-electron chi connectivity index (χ1n) is 7.44. The number of benzene rings is 2. The zero-order valence-corrected chi connectivity index (χ0v) is 12.6. The molecule has 1 atom stereocenters. The van der Waals surface area contributed by atoms with Gasteiger partial charge >= 0.3 is 0 Å². The molecule has 112 valence electrons. The van der Waals surface area contributed by atoms with Gasteiger partial charge in [0.05, 0.1) is 0 Å². The first-order valence-corrected chi connectivity index (χ1v) is 7.44. The van der Waals surface area contributed by atoms with Crippen molar-refractivity contribution in [1.82, 2.24) is 0 Å². The third-order valence-electron chi connectivity index (χ3n) is 3.72. The lowest BCUT2D eigenvalue weighted by atomic mass is 9.91. The molecule has 0 aliphatic heterocycles. The van der Waals surface area contributed by atoms with Crippen LogP contribution in [0.25, 0.3) is 6.08 Å². The van der Waals surface area contributed by atoms with Crippen molar-refractivity contribution in [3.05, 3.63) is 89.5 Å². The highest BCUT2D eigenvalue weighted by Gasteiger charge is 2.36. The van der Waals surface area contributed by atoms with Crippen LogP contribution >= 0.6 is 0 Å². The number of rotatable bonds is 2. The molecule has 2 aromatic rings. The fourth-order valence-electron chi connectivity index (χ4n) is 2.48. The third kappa shape index (κ3) is 3.48. The van der Waals surface area contributed by atoms with Crippen molar-refractivity contribution in [1.29, 1.82) is 0 Å². The SMILES string of the molecule is O=C1C=CC(O)(CC#Cc2ccccc2)/C1=C\c1ccccc1. The zero-order chi connectivity index (χ0) is 16.1. The monoisotopic (exact) mass is 300 g/mol. The normalized spacial score (nSPS) is 21.3. The Hall–Kier alpha value is -2.89. The summed E-state index contributed by atoms with van der Waals surface area (Å²) < 4.78 is 0. The molecule has 2 heteroatoms. The second-order valence-corrected chi connectivity index (χ2v) is 5.44. The number of hydrogen-bond acceptors (Lipinski definition) is 2. The van der Waals surface area contributed by atoms with Gasteiger partial charge in [-0.15, -0.1) is 0 Å². The molecular weight excluding hydrogens is 284 g/mol. The lowest BCUT2D eigenvalue weighted by Crippen LogP contribution is -2.27. The molecular formula is C21H16O2. The van der Waals surface area contributed by atoms with Crippen LogP contribution in [0.15, 0.2) is 78.4 Å². The molecule has 0 saturated carbocycles. The predicted octanol–water partition coefficient (Wildman–Crippen LogP) is 3.38. The first kappa shape index (κ1) is 15.0. The summed E-state index contributed by atoms with van der Waals surface area (Å²) in [5.74, 6) is 5.82. The molecule has 2 aromatic carbocycles. The van der Waals surface area contributed by atoms with Crippen molar-refractivity contribution in [2.45, 2.75) is 12.0 Å². The average molecular weight is 300 g/mol. The first-order chi connectivity index (χ1) is 11.2. The van der Waals surface area contributed by atoms with Crippen LogP contribution in [0.2, 0.25) is 0 Å². The Kier molecular flexibility index (Phi) is 4.23. The van der Waals surface area contributed by atoms with Crippen molar-refractivity contribution < 1.29 is 9.90 Å². The van der Waals surface area contributed by atoms with E-state index in [2.05, 4.69) is 11.8 Å². The maximum Gasteiger partial charge on any atom is 0.184 e. The van der Waals surface area contributed by atoms with Crippen LogP contribution in [-0.2, 0) is 4.79 Å². The van der Waals surface area contributed by atoms with E-state index in [0.717, 1.165) is 11.1 Å². The highest BCUT2D eigenvalue weighted by atomic mass is 16.3. The largest absolute Gasteiger partial charge is 0.380 e. The van der Waals surface area contributed by atoms with Gasteiger partial charge in [0.15, 0.2) is 5.78 Å². The topological polar surface area (TPSA) is 37.3 Å². The fourth-order valence-corrected chi connectivity index (χ4v) is 2.48. The van der Waals surface area contributed by atoms with E-state index >= 15 is 0 Å². The number of hydrogen-bond donors (Lipinski definition) is 1. The summed E-state index contributed by atoms with van der Waals surface area (Å²) in [6, 6.07) is 19.1. The second-order valence-electron chi connectivity index (χ2n) is 5.44. The van der Waals surface area contributed by atoms with Gasteiger partial charge in [0.25, 0.3) is 0 Å². The van der Waals surface area contributed by atoms with E-state index in [0.29, 0.717) is 5.57 Å². The molecule has 0 heterocycles. The minimum absolute atomic E-state index is 0.169. The summed E-state index contributed by atoms with van der Waals surface area (Å²) >= 11 is 0. The average Bonchev–Trinajstić information content (AvgIpc) is 2.86. The van der Waals surface area contributed by atoms with Gasteiger partial charge in [-0.1, -0.05) is 60.4 Å². The van der Waals surface area contributed by atoms with Crippen LogP contribution in [0.5, 0.6) is 0 Å². The van der Waals surface area contributed by atoms with Crippen molar-refractivity contribution in [2.75, 3.05) is 0 Å². The highest BCUT2D eigenvalue weighted by molar-refractivity contribution is 6.12. The van der Waals surface area contributed by atoms with E-state index in [9.17, 15) is 9.90 Å². The van der Waals surface area contributed by atoms with Crippen LogP contribution in [0, 0.1) is 11.8 Å². The minimum Gasteiger partial charge on any atom is -0.380 e. The van der Waals surface area contributed by atoms with Crippen LogP contribution in [0.3, 0.4) is 0 Å². The van der Waals surface area contributed by atoms with Crippen LogP contribution in [-0.4, -0.2) is 16.5 Å². The summed E-state index contributed by atoms with van der Waals surface area (Å²) in [4.78, 5) is 12.1. The van der Waals surface area contributed by atoms with E-state index in [4.69, 9.17) is 0 Å². The summed E-state index contributed by atoms with van der Waals surface area (Å²) in [6.45, 7) is 0. The lowest BCUT2D eigenvalue weighted by molar-refractivity contribution is -0.111. The van der Waals surface area contributed by atoms with Gasteiger partial charge in [0, 0.05) is 17.6 Å². The van der Waals surface area contributed by atoms with Crippen LogP contribution in [0.4, 0.5) is 0 Å². The number of ketones is 1. The Bertz CT molecular complexity index is 820. The Morgan fingerprint density at radius 1 is 1.00 bits per heavy atom. The van der Waals surface area contributed by atoms with Crippen LogP contribution < -0.4 is 0 Å². The van der Waals surface area contributed by atoms with Crippen molar-refractivity contribution in [3.8, 4) is 11.8 Å². The fraction of sp³-hybridized carbons (Fsp3) is 0.0952. The predicted molar refractivity (Wildman–Crippen MR) is 91.5 cm³/mol. The van der Waals surface area contributed by atoms with Gasteiger partial charge in [-0.2, -0.15) is 0 Å². The van der Waals surface area contributed by atoms with Gasteiger partial charge in [0.1, 0.15) is 5.60 Å². The van der Waals surface area contributed by atoms with Gasteiger partial charge in [-0.3, -0.25) is 4.79 Å². The maximum atomic E-state index is 12.1. The van der Waals surface area contributed by atoms with Gasteiger partial charge in [-0.25, -0.2) is 0 Å². The zero-order valence-electron chi connectivity index (χ0n) is 12.6. The van der Waals surface area contributed by atoms with Crippen molar-refractivity contribution in [2.24, 2.45) is 0 Å². The van der Waals surface area contributed by atoms with Crippen molar-refractivity contribution in [3.63, 3.8) is 0 Å². The number of allylic oxidation sites excluding steroid dienone is 1. The summed E-state index contributed by atoms with van der Waals surface area (Å²) in [5, 5.41) is 10.8. The summed E-state index contributed by atoms with van der Waals surface area (Å²) in [6.07, 6.45) is 4.86. The van der Waals surface area contributed by atoms with E-state index in [-0.39, 0.29) is 12.2 Å².